The maximum Gasteiger partial charge on any atom is 0.200 e. The Balaban J connectivity index is 1.68. The highest BCUT2D eigenvalue weighted by molar-refractivity contribution is 9.10. The van der Waals surface area contributed by atoms with Gasteiger partial charge < -0.3 is 14.2 Å². The molecule has 0 aliphatic carbocycles. The zero-order valence-corrected chi connectivity index (χ0v) is 21.5. The van der Waals surface area contributed by atoms with E-state index in [4.69, 9.17) is 9.26 Å². The molecule has 0 bridgehead atoms. The summed E-state index contributed by atoms with van der Waals surface area (Å²) in [6.07, 6.45) is -0.403. The van der Waals surface area contributed by atoms with Gasteiger partial charge in [0.2, 0.25) is 6.23 Å². The van der Waals surface area contributed by atoms with Crippen molar-refractivity contribution < 1.29 is 9.26 Å². The fourth-order valence-corrected chi connectivity index (χ4v) is 5.57. The third-order valence-electron chi connectivity index (χ3n) is 6.15. The van der Waals surface area contributed by atoms with Crippen LogP contribution in [0.25, 0.3) is 10.8 Å². The molecule has 4 nitrogen and oxygen atoms in total. The quantitative estimate of drug-likeness (QED) is 0.217. The average Bonchev–Trinajstić information content (AvgIpc) is 3.28. The van der Waals surface area contributed by atoms with Crippen LogP contribution in [0, 0.1) is 6.92 Å². The van der Waals surface area contributed by atoms with Crippen molar-refractivity contribution in [3.63, 3.8) is 0 Å². The molecule has 0 saturated carbocycles. The van der Waals surface area contributed by atoms with Crippen molar-refractivity contribution in [2.24, 2.45) is 0 Å². The molecule has 5 aromatic rings. The molecule has 168 valence electrons. The summed E-state index contributed by atoms with van der Waals surface area (Å²) in [6.45, 7) is 1.91. The summed E-state index contributed by atoms with van der Waals surface area (Å²) in [5.74, 6) is 2.34. The lowest BCUT2D eigenvalue weighted by Gasteiger charge is -2.44. The Labute approximate surface area is 214 Å². The van der Waals surface area contributed by atoms with Crippen molar-refractivity contribution >= 4 is 48.5 Å². The number of ether oxygens (including phenoxy) is 1. The minimum absolute atomic E-state index is 0.152. The highest BCUT2D eigenvalue weighted by atomic mass is 79.9. The predicted molar refractivity (Wildman–Crippen MR) is 141 cm³/mol. The first-order chi connectivity index (χ1) is 16.6. The molecule has 1 aliphatic heterocycles. The standard InChI is InChI=1S/C28H20Br2N2O2/c1-17-14-25(31-34-17)32-27(19-7-4-9-21(29)15-19)26-23-11-3-2-6-18(23)12-13-24(26)33-28(32)20-8-5-10-22(30)16-20/h2-16,27-28H,1H3. The Kier molecular flexibility index (Phi) is 5.42. The molecule has 6 heteroatoms. The van der Waals surface area contributed by atoms with Crippen LogP contribution >= 0.6 is 31.9 Å². The monoisotopic (exact) mass is 574 g/mol. The highest BCUT2D eigenvalue weighted by Crippen LogP contribution is 2.50. The topological polar surface area (TPSA) is 38.5 Å². The Morgan fingerprint density at radius 3 is 2.26 bits per heavy atom. The summed E-state index contributed by atoms with van der Waals surface area (Å²) in [6, 6.07) is 31.1. The molecule has 1 aliphatic rings. The molecular weight excluding hydrogens is 556 g/mol. The number of rotatable bonds is 3. The van der Waals surface area contributed by atoms with Crippen LogP contribution in [0.2, 0.25) is 0 Å². The molecule has 0 N–H and O–H groups in total. The Morgan fingerprint density at radius 2 is 1.53 bits per heavy atom. The van der Waals surface area contributed by atoms with Crippen LogP contribution in [0.5, 0.6) is 5.75 Å². The van der Waals surface area contributed by atoms with Gasteiger partial charge in [-0.25, -0.2) is 0 Å². The fourth-order valence-electron chi connectivity index (χ4n) is 4.73. The summed E-state index contributed by atoms with van der Waals surface area (Å²) in [5, 5.41) is 6.76. The van der Waals surface area contributed by atoms with E-state index in [2.05, 4.69) is 109 Å². The molecular formula is C28H20Br2N2O2. The third-order valence-corrected chi connectivity index (χ3v) is 7.14. The van der Waals surface area contributed by atoms with E-state index in [-0.39, 0.29) is 6.04 Å². The number of halogens is 2. The lowest BCUT2D eigenvalue weighted by atomic mass is 9.89. The van der Waals surface area contributed by atoms with Crippen molar-refractivity contribution in [2.75, 3.05) is 4.90 Å². The van der Waals surface area contributed by atoms with Gasteiger partial charge in [0.15, 0.2) is 5.82 Å². The molecule has 34 heavy (non-hydrogen) atoms. The van der Waals surface area contributed by atoms with E-state index in [0.29, 0.717) is 0 Å². The van der Waals surface area contributed by atoms with Crippen LogP contribution in [0.4, 0.5) is 5.82 Å². The van der Waals surface area contributed by atoms with Gasteiger partial charge in [-0.2, -0.15) is 0 Å². The first-order valence-corrected chi connectivity index (χ1v) is 12.6. The smallest absolute Gasteiger partial charge is 0.200 e. The first-order valence-electron chi connectivity index (χ1n) is 11.0. The van der Waals surface area contributed by atoms with Gasteiger partial charge in [0.1, 0.15) is 11.5 Å². The van der Waals surface area contributed by atoms with Crippen LogP contribution in [-0.4, -0.2) is 5.16 Å². The van der Waals surface area contributed by atoms with Crippen molar-refractivity contribution in [1.82, 2.24) is 5.16 Å². The van der Waals surface area contributed by atoms with Crippen molar-refractivity contribution in [3.05, 3.63) is 122 Å². The summed E-state index contributed by atoms with van der Waals surface area (Å²) >= 11 is 7.31. The number of fused-ring (bicyclic) bond motifs is 3. The predicted octanol–water partition coefficient (Wildman–Crippen LogP) is 8.35. The molecule has 0 fully saturated rings. The number of hydrogen-bond donors (Lipinski definition) is 0. The highest BCUT2D eigenvalue weighted by Gasteiger charge is 2.40. The van der Waals surface area contributed by atoms with Crippen LogP contribution < -0.4 is 9.64 Å². The van der Waals surface area contributed by atoms with Gasteiger partial charge in [0.05, 0.1) is 6.04 Å². The van der Waals surface area contributed by atoms with Gasteiger partial charge in [0, 0.05) is 26.1 Å². The Hall–Kier alpha value is -3.09. The molecule has 0 amide bonds. The lowest BCUT2D eigenvalue weighted by Crippen LogP contribution is -2.40. The summed E-state index contributed by atoms with van der Waals surface area (Å²) < 4.78 is 14.3. The minimum atomic E-state index is -0.403. The second-order valence-corrected chi connectivity index (χ2v) is 10.2. The number of anilines is 1. The van der Waals surface area contributed by atoms with Gasteiger partial charge in [-0.3, -0.25) is 0 Å². The molecule has 0 radical (unpaired) electrons. The average molecular weight is 576 g/mol. The number of aryl methyl sites for hydroxylation is 1. The molecule has 0 saturated heterocycles. The lowest BCUT2D eigenvalue weighted by molar-refractivity contribution is 0.168. The van der Waals surface area contributed by atoms with E-state index >= 15 is 0 Å². The summed E-state index contributed by atoms with van der Waals surface area (Å²) in [4.78, 5) is 2.22. The number of benzene rings is 4. The van der Waals surface area contributed by atoms with E-state index in [1.54, 1.807) is 0 Å². The second-order valence-electron chi connectivity index (χ2n) is 8.38. The minimum Gasteiger partial charge on any atom is -0.466 e. The fraction of sp³-hybridized carbons (Fsp3) is 0.107. The van der Waals surface area contributed by atoms with E-state index < -0.39 is 6.23 Å². The van der Waals surface area contributed by atoms with Crippen LogP contribution in [0.1, 0.15) is 34.7 Å². The maximum absolute atomic E-state index is 6.75. The van der Waals surface area contributed by atoms with Gasteiger partial charge in [-0.05, 0) is 53.6 Å². The van der Waals surface area contributed by atoms with Crippen molar-refractivity contribution in [3.8, 4) is 5.75 Å². The van der Waals surface area contributed by atoms with Crippen molar-refractivity contribution in [1.29, 1.82) is 0 Å². The van der Waals surface area contributed by atoms with Crippen LogP contribution in [-0.2, 0) is 0 Å². The normalized spacial score (nSPS) is 17.4. The Morgan fingerprint density at radius 1 is 0.794 bits per heavy atom. The summed E-state index contributed by atoms with van der Waals surface area (Å²) in [7, 11) is 0. The molecule has 0 spiro atoms. The van der Waals surface area contributed by atoms with Gasteiger partial charge in [-0.1, -0.05) is 91.6 Å². The first kappa shape index (κ1) is 21.4. The zero-order valence-electron chi connectivity index (χ0n) is 18.3. The van der Waals surface area contributed by atoms with Gasteiger partial charge in [-0.15, -0.1) is 0 Å². The van der Waals surface area contributed by atoms with Crippen LogP contribution in [0.15, 0.2) is 104 Å². The molecule has 6 rings (SSSR count). The van der Waals surface area contributed by atoms with E-state index in [1.165, 1.54) is 5.39 Å². The molecule has 2 atom stereocenters. The number of nitrogens with zero attached hydrogens (tertiary/aromatic N) is 2. The zero-order chi connectivity index (χ0) is 23.2. The van der Waals surface area contributed by atoms with E-state index in [0.717, 1.165) is 48.3 Å². The molecule has 4 aromatic carbocycles. The molecule has 2 unspecified atom stereocenters. The van der Waals surface area contributed by atoms with Crippen LogP contribution in [0.3, 0.4) is 0 Å². The maximum atomic E-state index is 6.75. The number of hydrogen-bond acceptors (Lipinski definition) is 4. The van der Waals surface area contributed by atoms with Crippen molar-refractivity contribution in [2.45, 2.75) is 19.2 Å². The second kappa shape index (κ2) is 8.60. The third kappa shape index (κ3) is 3.71. The summed E-state index contributed by atoms with van der Waals surface area (Å²) in [5.41, 5.74) is 3.27. The Bertz CT molecular complexity index is 1510. The van der Waals surface area contributed by atoms with E-state index in [9.17, 15) is 0 Å². The van der Waals surface area contributed by atoms with E-state index in [1.807, 2.05) is 31.2 Å². The molecule has 2 heterocycles. The SMILES string of the molecule is Cc1cc(N2C(c3cccc(Br)c3)Oc3ccc4ccccc4c3C2c2cccc(Br)c2)no1. The van der Waals surface area contributed by atoms with Gasteiger partial charge >= 0.3 is 0 Å². The largest absolute Gasteiger partial charge is 0.466 e. The molecule has 1 aromatic heterocycles. The number of aromatic nitrogens is 1. The van der Waals surface area contributed by atoms with Gasteiger partial charge in [0.25, 0.3) is 0 Å².